The number of aliphatic hydroxyl groups excluding tert-OH is 1. The molecule has 2 aromatic carbocycles. The van der Waals surface area contributed by atoms with Crippen LogP contribution >= 0.6 is 15.9 Å². The standard InChI is InChI=1S/C16H16BrFO3/c1-10(19)14-6-5-13(20-2)8-16(14)21-9-11-3-4-12(18)7-15(11)17/h3-8,10,19H,9H2,1-2H3/t10-/m0/s1. The fraction of sp³-hybridized carbons (Fsp3) is 0.250. The zero-order valence-electron chi connectivity index (χ0n) is 11.8. The maximum Gasteiger partial charge on any atom is 0.129 e. The molecule has 0 spiro atoms. The van der Waals surface area contributed by atoms with E-state index in [9.17, 15) is 9.50 Å². The van der Waals surface area contributed by atoms with E-state index >= 15 is 0 Å². The van der Waals surface area contributed by atoms with Gasteiger partial charge in [-0.15, -0.1) is 0 Å². The largest absolute Gasteiger partial charge is 0.497 e. The average molecular weight is 355 g/mol. The molecule has 1 atom stereocenters. The third kappa shape index (κ3) is 3.95. The Labute approximate surface area is 131 Å². The second-order valence-corrected chi connectivity index (χ2v) is 5.46. The maximum atomic E-state index is 13.1. The van der Waals surface area contributed by atoms with E-state index in [0.29, 0.717) is 21.5 Å². The Kier molecular flexibility index (Phi) is 5.20. The molecule has 3 nitrogen and oxygen atoms in total. The van der Waals surface area contributed by atoms with E-state index in [1.165, 1.54) is 12.1 Å². The molecule has 0 unspecified atom stereocenters. The lowest BCUT2D eigenvalue weighted by Crippen LogP contribution is -2.02. The summed E-state index contributed by atoms with van der Waals surface area (Å²) in [6.07, 6.45) is -0.650. The van der Waals surface area contributed by atoms with E-state index in [-0.39, 0.29) is 12.4 Å². The van der Waals surface area contributed by atoms with Gasteiger partial charge in [0.15, 0.2) is 0 Å². The summed E-state index contributed by atoms with van der Waals surface area (Å²) in [6, 6.07) is 9.67. The molecule has 0 aliphatic carbocycles. The zero-order chi connectivity index (χ0) is 15.4. The maximum absolute atomic E-state index is 13.1. The fourth-order valence-electron chi connectivity index (χ4n) is 1.91. The molecule has 0 radical (unpaired) electrons. The number of hydrogen-bond donors (Lipinski definition) is 1. The van der Waals surface area contributed by atoms with Gasteiger partial charge in [0.2, 0.25) is 0 Å². The Balaban J connectivity index is 2.22. The summed E-state index contributed by atoms with van der Waals surface area (Å²) in [6.45, 7) is 1.93. The molecule has 1 N–H and O–H groups in total. The lowest BCUT2D eigenvalue weighted by atomic mass is 10.1. The predicted molar refractivity (Wildman–Crippen MR) is 82.1 cm³/mol. The smallest absolute Gasteiger partial charge is 0.129 e. The molecule has 112 valence electrons. The molecule has 0 bridgehead atoms. The molecule has 0 aromatic heterocycles. The van der Waals surface area contributed by atoms with Crippen LogP contribution in [0.3, 0.4) is 0 Å². The molecule has 0 aliphatic heterocycles. The lowest BCUT2D eigenvalue weighted by molar-refractivity contribution is 0.189. The fourth-order valence-corrected chi connectivity index (χ4v) is 2.37. The third-order valence-corrected chi connectivity index (χ3v) is 3.81. The molecule has 5 heteroatoms. The molecule has 21 heavy (non-hydrogen) atoms. The molecule has 0 saturated heterocycles. The number of ether oxygens (including phenoxy) is 2. The highest BCUT2D eigenvalue weighted by Crippen LogP contribution is 2.30. The first kappa shape index (κ1) is 15.8. The first-order valence-electron chi connectivity index (χ1n) is 6.44. The van der Waals surface area contributed by atoms with Gasteiger partial charge >= 0.3 is 0 Å². The van der Waals surface area contributed by atoms with E-state index in [0.717, 1.165) is 5.56 Å². The van der Waals surface area contributed by atoms with Gasteiger partial charge in [0, 0.05) is 21.7 Å². The van der Waals surface area contributed by atoms with Gasteiger partial charge in [-0.1, -0.05) is 22.0 Å². The van der Waals surface area contributed by atoms with E-state index in [1.54, 1.807) is 38.3 Å². The summed E-state index contributed by atoms with van der Waals surface area (Å²) >= 11 is 3.30. The van der Waals surface area contributed by atoms with Gasteiger partial charge in [0.1, 0.15) is 23.9 Å². The summed E-state index contributed by atoms with van der Waals surface area (Å²) in [5.41, 5.74) is 1.49. The highest BCUT2D eigenvalue weighted by Gasteiger charge is 2.11. The van der Waals surface area contributed by atoms with E-state index in [4.69, 9.17) is 9.47 Å². The molecular weight excluding hydrogens is 339 g/mol. The van der Waals surface area contributed by atoms with Crippen LogP contribution in [0.2, 0.25) is 0 Å². The van der Waals surface area contributed by atoms with Gasteiger partial charge in [-0.2, -0.15) is 0 Å². The summed E-state index contributed by atoms with van der Waals surface area (Å²) in [7, 11) is 1.57. The molecule has 0 fully saturated rings. The van der Waals surface area contributed by atoms with Crippen molar-refractivity contribution in [3.8, 4) is 11.5 Å². The monoisotopic (exact) mass is 354 g/mol. The van der Waals surface area contributed by atoms with Crippen LogP contribution in [-0.4, -0.2) is 12.2 Å². The molecular formula is C16H16BrFO3. The summed E-state index contributed by atoms with van der Waals surface area (Å²) < 4.78 is 24.6. The van der Waals surface area contributed by atoms with Crippen molar-refractivity contribution < 1.29 is 19.0 Å². The topological polar surface area (TPSA) is 38.7 Å². The highest BCUT2D eigenvalue weighted by molar-refractivity contribution is 9.10. The van der Waals surface area contributed by atoms with Crippen molar-refractivity contribution in [2.45, 2.75) is 19.6 Å². The second kappa shape index (κ2) is 6.91. The first-order chi connectivity index (χ1) is 10.0. The summed E-state index contributed by atoms with van der Waals surface area (Å²) in [5, 5.41) is 9.78. The van der Waals surface area contributed by atoms with E-state index < -0.39 is 6.10 Å². The Hall–Kier alpha value is -1.59. The number of halogens is 2. The van der Waals surface area contributed by atoms with E-state index in [2.05, 4.69) is 15.9 Å². The van der Waals surface area contributed by atoms with Gasteiger partial charge in [-0.05, 0) is 31.2 Å². The molecule has 0 aliphatic rings. The van der Waals surface area contributed by atoms with Gasteiger partial charge in [0.05, 0.1) is 13.2 Å². The Bertz CT molecular complexity index is 629. The normalized spacial score (nSPS) is 12.0. The molecule has 0 amide bonds. The zero-order valence-corrected chi connectivity index (χ0v) is 13.4. The van der Waals surface area contributed by atoms with Crippen LogP contribution in [0.15, 0.2) is 40.9 Å². The van der Waals surface area contributed by atoms with Crippen molar-refractivity contribution in [2.24, 2.45) is 0 Å². The molecule has 0 saturated carbocycles. The Morgan fingerprint density at radius 2 is 2.00 bits per heavy atom. The number of benzene rings is 2. The summed E-state index contributed by atoms with van der Waals surface area (Å²) in [5.74, 6) is 0.879. The van der Waals surface area contributed by atoms with Crippen molar-refractivity contribution in [3.63, 3.8) is 0 Å². The molecule has 2 aromatic rings. The highest BCUT2D eigenvalue weighted by atomic mass is 79.9. The van der Waals surface area contributed by atoms with Crippen molar-refractivity contribution in [2.75, 3.05) is 7.11 Å². The average Bonchev–Trinajstić information content (AvgIpc) is 2.45. The molecule has 2 rings (SSSR count). The van der Waals surface area contributed by atoms with Crippen LogP contribution in [0.5, 0.6) is 11.5 Å². The second-order valence-electron chi connectivity index (χ2n) is 4.60. The first-order valence-corrected chi connectivity index (χ1v) is 7.23. The number of rotatable bonds is 5. The predicted octanol–water partition coefficient (Wildman–Crippen LogP) is 4.23. The van der Waals surface area contributed by atoms with Crippen molar-refractivity contribution in [1.82, 2.24) is 0 Å². The van der Waals surface area contributed by atoms with Gasteiger partial charge in [0.25, 0.3) is 0 Å². The number of aliphatic hydroxyl groups is 1. The van der Waals surface area contributed by atoms with Gasteiger partial charge in [-0.3, -0.25) is 0 Å². The lowest BCUT2D eigenvalue weighted by Gasteiger charge is -2.15. The van der Waals surface area contributed by atoms with Crippen molar-refractivity contribution in [1.29, 1.82) is 0 Å². The number of methoxy groups -OCH3 is 1. The van der Waals surface area contributed by atoms with E-state index in [1.807, 2.05) is 0 Å². The van der Waals surface area contributed by atoms with Crippen LogP contribution in [-0.2, 0) is 6.61 Å². The van der Waals surface area contributed by atoms with Crippen molar-refractivity contribution in [3.05, 3.63) is 57.8 Å². The third-order valence-electron chi connectivity index (χ3n) is 3.07. The SMILES string of the molecule is COc1ccc([C@H](C)O)c(OCc2ccc(F)cc2Br)c1. The van der Waals surface area contributed by atoms with Gasteiger partial charge < -0.3 is 14.6 Å². The van der Waals surface area contributed by atoms with Crippen LogP contribution in [0.25, 0.3) is 0 Å². The Morgan fingerprint density at radius 1 is 1.24 bits per heavy atom. The quantitative estimate of drug-likeness (QED) is 0.873. The van der Waals surface area contributed by atoms with Gasteiger partial charge in [-0.25, -0.2) is 4.39 Å². The minimum absolute atomic E-state index is 0.258. The number of hydrogen-bond acceptors (Lipinski definition) is 3. The van der Waals surface area contributed by atoms with Crippen LogP contribution < -0.4 is 9.47 Å². The molecule has 0 heterocycles. The summed E-state index contributed by atoms with van der Waals surface area (Å²) in [4.78, 5) is 0. The van der Waals surface area contributed by atoms with Crippen LogP contribution in [0.4, 0.5) is 4.39 Å². The van der Waals surface area contributed by atoms with Crippen molar-refractivity contribution >= 4 is 15.9 Å². The minimum atomic E-state index is -0.650. The minimum Gasteiger partial charge on any atom is -0.497 e. The van der Waals surface area contributed by atoms with Crippen LogP contribution in [0.1, 0.15) is 24.2 Å². The van der Waals surface area contributed by atoms with Crippen LogP contribution in [0, 0.1) is 5.82 Å². The Morgan fingerprint density at radius 3 is 2.62 bits per heavy atom.